The Kier molecular flexibility index (Phi) is 5.06. The summed E-state index contributed by atoms with van der Waals surface area (Å²) >= 11 is 0. The van der Waals surface area contributed by atoms with Crippen molar-refractivity contribution in [3.63, 3.8) is 0 Å². The summed E-state index contributed by atoms with van der Waals surface area (Å²) in [5.74, 6) is -0.322. The molecule has 0 heterocycles. The Labute approximate surface area is 124 Å². The van der Waals surface area contributed by atoms with Gasteiger partial charge in [-0.3, -0.25) is 4.79 Å². The fourth-order valence-electron chi connectivity index (χ4n) is 2.19. The predicted octanol–water partition coefficient (Wildman–Crippen LogP) is 3.63. The summed E-state index contributed by atoms with van der Waals surface area (Å²) in [5, 5.41) is 6.07. The normalized spacial score (nSPS) is 12.0. The topological polar surface area (TPSA) is 41.1 Å². The molecule has 0 aliphatic heterocycles. The number of para-hydroxylation sites is 1. The zero-order valence-electron chi connectivity index (χ0n) is 12.2. The maximum Gasteiger partial charge on any atom is 0.221 e. The predicted molar refractivity (Wildman–Crippen MR) is 82.4 cm³/mol. The van der Waals surface area contributed by atoms with Gasteiger partial charge in [0, 0.05) is 30.8 Å². The molecule has 1 amide bonds. The molecule has 3 nitrogen and oxygen atoms in total. The molecule has 0 aliphatic rings. The van der Waals surface area contributed by atoms with Crippen molar-refractivity contribution >= 4 is 11.6 Å². The van der Waals surface area contributed by atoms with Gasteiger partial charge in [-0.05, 0) is 24.6 Å². The average molecular weight is 286 g/mol. The van der Waals surface area contributed by atoms with Gasteiger partial charge < -0.3 is 10.6 Å². The van der Waals surface area contributed by atoms with Gasteiger partial charge in [0.2, 0.25) is 5.91 Å². The van der Waals surface area contributed by atoms with Crippen LogP contribution in [0, 0.1) is 5.82 Å². The minimum Gasteiger partial charge on any atom is -0.326 e. The van der Waals surface area contributed by atoms with Crippen molar-refractivity contribution in [1.29, 1.82) is 0 Å². The zero-order chi connectivity index (χ0) is 15.2. The van der Waals surface area contributed by atoms with Crippen molar-refractivity contribution < 1.29 is 9.18 Å². The molecule has 0 saturated heterocycles. The summed E-state index contributed by atoms with van der Waals surface area (Å²) in [6, 6.07) is 14.2. The Morgan fingerprint density at radius 3 is 2.52 bits per heavy atom. The van der Waals surface area contributed by atoms with Gasteiger partial charge in [-0.2, -0.15) is 0 Å². The lowest BCUT2D eigenvalue weighted by Crippen LogP contribution is -2.20. The van der Waals surface area contributed by atoms with Crippen LogP contribution < -0.4 is 10.6 Å². The number of halogens is 1. The summed E-state index contributed by atoms with van der Waals surface area (Å²) in [4.78, 5) is 11.2. The molecule has 2 aromatic carbocycles. The standard InChI is InChI=1S/C17H19FN2O/c1-12(15-8-4-5-9-16(15)18)19-11-14-7-3-6-10-17(14)20-13(2)21/h3-10,12,19H,11H2,1-2H3,(H,20,21)/t12-/m1/s1. The Hall–Kier alpha value is -2.20. The van der Waals surface area contributed by atoms with Gasteiger partial charge >= 0.3 is 0 Å². The Morgan fingerprint density at radius 1 is 1.14 bits per heavy atom. The highest BCUT2D eigenvalue weighted by Gasteiger charge is 2.10. The maximum absolute atomic E-state index is 13.7. The van der Waals surface area contributed by atoms with E-state index in [2.05, 4.69) is 10.6 Å². The number of rotatable bonds is 5. The number of carbonyl (C=O) groups excluding carboxylic acids is 1. The van der Waals surface area contributed by atoms with E-state index >= 15 is 0 Å². The Balaban J connectivity index is 2.06. The first-order valence-corrected chi connectivity index (χ1v) is 6.91. The minimum absolute atomic E-state index is 0.107. The second-order valence-corrected chi connectivity index (χ2v) is 4.96. The number of nitrogens with one attached hydrogen (secondary N) is 2. The summed E-state index contributed by atoms with van der Waals surface area (Å²) in [5.41, 5.74) is 2.38. The van der Waals surface area contributed by atoms with E-state index in [1.54, 1.807) is 12.1 Å². The molecule has 0 fully saturated rings. The molecule has 0 radical (unpaired) electrons. The third kappa shape index (κ3) is 4.13. The largest absolute Gasteiger partial charge is 0.326 e. The van der Waals surface area contributed by atoms with Crippen LogP contribution in [0.3, 0.4) is 0 Å². The van der Waals surface area contributed by atoms with Crippen molar-refractivity contribution in [3.05, 3.63) is 65.5 Å². The summed E-state index contributed by atoms with van der Waals surface area (Å²) < 4.78 is 13.7. The zero-order valence-corrected chi connectivity index (χ0v) is 12.2. The molecule has 0 saturated carbocycles. The molecule has 0 aliphatic carbocycles. The molecular formula is C17H19FN2O. The number of hydrogen-bond acceptors (Lipinski definition) is 2. The first-order valence-electron chi connectivity index (χ1n) is 6.91. The van der Waals surface area contributed by atoms with Crippen LogP contribution >= 0.6 is 0 Å². The molecule has 0 bridgehead atoms. The lowest BCUT2D eigenvalue weighted by Gasteiger charge is -2.17. The second kappa shape index (κ2) is 6.99. The Morgan fingerprint density at radius 2 is 1.81 bits per heavy atom. The van der Waals surface area contributed by atoms with Gasteiger partial charge in [-0.1, -0.05) is 36.4 Å². The highest BCUT2D eigenvalue weighted by Crippen LogP contribution is 2.19. The molecule has 0 spiro atoms. The summed E-state index contributed by atoms with van der Waals surface area (Å²) in [6.45, 7) is 3.94. The third-order valence-electron chi connectivity index (χ3n) is 3.30. The van der Waals surface area contributed by atoms with Crippen molar-refractivity contribution in [2.24, 2.45) is 0 Å². The molecule has 2 N–H and O–H groups in total. The van der Waals surface area contributed by atoms with Gasteiger partial charge in [-0.15, -0.1) is 0 Å². The van der Waals surface area contributed by atoms with Crippen LogP contribution in [0.15, 0.2) is 48.5 Å². The molecule has 4 heteroatoms. The van der Waals surface area contributed by atoms with E-state index in [-0.39, 0.29) is 17.8 Å². The second-order valence-electron chi connectivity index (χ2n) is 4.96. The smallest absolute Gasteiger partial charge is 0.221 e. The van der Waals surface area contributed by atoms with Gasteiger partial charge in [0.15, 0.2) is 0 Å². The number of amides is 1. The third-order valence-corrected chi connectivity index (χ3v) is 3.30. The van der Waals surface area contributed by atoms with Crippen molar-refractivity contribution in [2.45, 2.75) is 26.4 Å². The van der Waals surface area contributed by atoms with E-state index in [0.29, 0.717) is 12.1 Å². The molecule has 21 heavy (non-hydrogen) atoms. The van der Waals surface area contributed by atoms with Crippen LogP contribution in [0.5, 0.6) is 0 Å². The maximum atomic E-state index is 13.7. The van der Waals surface area contributed by atoms with E-state index in [1.165, 1.54) is 13.0 Å². The SMILES string of the molecule is CC(=O)Nc1ccccc1CN[C@H](C)c1ccccc1F. The summed E-state index contributed by atoms with van der Waals surface area (Å²) in [7, 11) is 0. The van der Waals surface area contributed by atoms with Gasteiger partial charge in [0.05, 0.1) is 0 Å². The van der Waals surface area contributed by atoms with Gasteiger partial charge in [-0.25, -0.2) is 4.39 Å². The number of carbonyl (C=O) groups is 1. The number of hydrogen-bond donors (Lipinski definition) is 2. The van der Waals surface area contributed by atoms with Gasteiger partial charge in [0.25, 0.3) is 0 Å². The van der Waals surface area contributed by atoms with Crippen molar-refractivity contribution in [2.75, 3.05) is 5.32 Å². The number of benzene rings is 2. The number of anilines is 1. The van der Waals surface area contributed by atoms with E-state index in [0.717, 1.165) is 11.3 Å². The molecule has 1 atom stereocenters. The van der Waals surface area contributed by atoms with E-state index < -0.39 is 0 Å². The lowest BCUT2D eigenvalue weighted by atomic mass is 10.1. The fourth-order valence-corrected chi connectivity index (χ4v) is 2.19. The van der Waals surface area contributed by atoms with E-state index in [1.807, 2.05) is 37.3 Å². The van der Waals surface area contributed by atoms with E-state index in [4.69, 9.17) is 0 Å². The highest BCUT2D eigenvalue weighted by atomic mass is 19.1. The summed E-state index contributed by atoms with van der Waals surface area (Å²) in [6.07, 6.45) is 0. The van der Waals surface area contributed by atoms with Crippen LogP contribution in [0.25, 0.3) is 0 Å². The monoisotopic (exact) mass is 286 g/mol. The van der Waals surface area contributed by atoms with Crippen molar-refractivity contribution in [1.82, 2.24) is 5.32 Å². The van der Waals surface area contributed by atoms with Crippen LogP contribution in [0.4, 0.5) is 10.1 Å². The molecule has 2 aromatic rings. The first-order chi connectivity index (χ1) is 10.1. The van der Waals surface area contributed by atoms with Gasteiger partial charge in [0.1, 0.15) is 5.82 Å². The molecule has 2 rings (SSSR count). The molecular weight excluding hydrogens is 267 g/mol. The Bertz CT molecular complexity index is 628. The molecule has 110 valence electrons. The molecule has 0 aromatic heterocycles. The average Bonchev–Trinajstić information content (AvgIpc) is 2.46. The van der Waals surface area contributed by atoms with Crippen LogP contribution in [0.1, 0.15) is 31.0 Å². The minimum atomic E-state index is -0.215. The van der Waals surface area contributed by atoms with Crippen LogP contribution in [0.2, 0.25) is 0 Å². The first kappa shape index (κ1) is 15.2. The lowest BCUT2D eigenvalue weighted by molar-refractivity contribution is -0.114. The van der Waals surface area contributed by atoms with Crippen molar-refractivity contribution in [3.8, 4) is 0 Å². The quantitative estimate of drug-likeness (QED) is 0.881. The molecule has 0 unspecified atom stereocenters. The van der Waals surface area contributed by atoms with Crippen LogP contribution in [-0.4, -0.2) is 5.91 Å². The van der Waals surface area contributed by atoms with E-state index in [9.17, 15) is 9.18 Å². The highest BCUT2D eigenvalue weighted by molar-refractivity contribution is 5.89. The van der Waals surface area contributed by atoms with Crippen LogP contribution in [-0.2, 0) is 11.3 Å². The fraction of sp³-hybridized carbons (Fsp3) is 0.235.